The molecular weight excluding hydrogens is 108 g/mol. The summed E-state index contributed by atoms with van der Waals surface area (Å²) in [5, 5.41) is 8.07. The SMILES string of the molecule is O=C(OCO)C1CC1. The van der Waals surface area contributed by atoms with Crippen LogP contribution in [0.25, 0.3) is 0 Å². The quantitative estimate of drug-likeness (QED) is 0.404. The van der Waals surface area contributed by atoms with Crippen LogP contribution in [0.2, 0.25) is 0 Å². The Hall–Kier alpha value is -0.570. The average molecular weight is 116 g/mol. The highest BCUT2D eigenvalue weighted by Crippen LogP contribution is 2.29. The van der Waals surface area contributed by atoms with Crippen LogP contribution in [0.1, 0.15) is 12.8 Å². The number of hydrogen-bond acceptors (Lipinski definition) is 3. The van der Waals surface area contributed by atoms with Crippen molar-refractivity contribution in [3.05, 3.63) is 0 Å². The summed E-state index contributed by atoms with van der Waals surface area (Å²) in [6, 6.07) is 0. The second-order valence-corrected chi connectivity index (χ2v) is 1.87. The number of aliphatic hydroxyl groups excluding tert-OH is 1. The van der Waals surface area contributed by atoms with Gasteiger partial charge < -0.3 is 9.84 Å². The molecule has 0 amide bonds. The largest absolute Gasteiger partial charge is 0.438 e. The molecule has 0 atom stereocenters. The van der Waals surface area contributed by atoms with Crippen LogP contribution in [0.4, 0.5) is 0 Å². The Labute approximate surface area is 47.3 Å². The summed E-state index contributed by atoms with van der Waals surface area (Å²) in [7, 11) is 0. The number of hydrogen-bond donors (Lipinski definition) is 1. The molecule has 46 valence electrons. The molecule has 0 spiro atoms. The summed E-state index contributed by atoms with van der Waals surface area (Å²) in [4.78, 5) is 10.4. The van der Waals surface area contributed by atoms with Crippen molar-refractivity contribution >= 4 is 5.97 Å². The first kappa shape index (κ1) is 5.56. The minimum atomic E-state index is -0.477. The van der Waals surface area contributed by atoms with Crippen molar-refractivity contribution in [2.75, 3.05) is 6.79 Å². The maximum absolute atomic E-state index is 10.4. The highest BCUT2D eigenvalue weighted by Gasteiger charge is 2.30. The van der Waals surface area contributed by atoms with Gasteiger partial charge in [0.25, 0.3) is 0 Å². The lowest BCUT2D eigenvalue weighted by atomic mass is 10.4. The molecule has 1 saturated carbocycles. The van der Waals surface area contributed by atoms with Crippen LogP contribution >= 0.6 is 0 Å². The molecule has 0 radical (unpaired) electrons. The van der Waals surface area contributed by atoms with Gasteiger partial charge in [0.2, 0.25) is 0 Å². The molecule has 0 unspecified atom stereocenters. The zero-order chi connectivity index (χ0) is 5.98. The molecule has 0 aromatic carbocycles. The summed E-state index contributed by atoms with van der Waals surface area (Å²) >= 11 is 0. The first-order chi connectivity index (χ1) is 3.84. The molecule has 1 fully saturated rings. The zero-order valence-electron chi connectivity index (χ0n) is 4.46. The van der Waals surface area contributed by atoms with Gasteiger partial charge in [0, 0.05) is 0 Å². The second kappa shape index (κ2) is 2.13. The van der Waals surface area contributed by atoms with Gasteiger partial charge in [0.1, 0.15) is 0 Å². The molecule has 0 aliphatic heterocycles. The standard InChI is InChI=1S/C5H8O3/c6-3-8-5(7)4-1-2-4/h4,6H,1-3H2. The Balaban J connectivity index is 2.13. The van der Waals surface area contributed by atoms with E-state index in [1.165, 1.54) is 0 Å². The topological polar surface area (TPSA) is 46.5 Å². The summed E-state index contributed by atoms with van der Waals surface area (Å²) < 4.78 is 4.28. The van der Waals surface area contributed by atoms with Crippen LogP contribution in [-0.4, -0.2) is 17.9 Å². The van der Waals surface area contributed by atoms with Gasteiger partial charge in [-0.15, -0.1) is 0 Å². The predicted molar refractivity (Wildman–Crippen MR) is 25.9 cm³/mol. The van der Waals surface area contributed by atoms with Crippen LogP contribution in [0.15, 0.2) is 0 Å². The van der Waals surface area contributed by atoms with Crippen molar-refractivity contribution in [3.63, 3.8) is 0 Å². The maximum atomic E-state index is 10.4. The first-order valence-corrected chi connectivity index (χ1v) is 2.62. The lowest BCUT2D eigenvalue weighted by Crippen LogP contribution is -2.06. The minimum absolute atomic E-state index is 0.0992. The van der Waals surface area contributed by atoms with E-state index in [4.69, 9.17) is 5.11 Å². The van der Waals surface area contributed by atoms with Crippen LogP contribution in [-0.2, 0) is 9.53 Å². The molecule has 3 nitrogen and oxygen atoms in total. The molecule has 1 rings (SSSR count). The van der Waals surface area contributed by atoms with E-state index < -0.39 is 6.79 Å². The summed E-state index contributed by atoms with van der Waals surface area (Å²) in [5.74, 6) is -0.158. The molecule has 0 heterocycles. The van der Waals surface area contributed by atoms with Crippen LogP contribution in [0.5, 0.6) is 0 Å². The van der Waals surface area contributed by atoms with E-state index in [9.17, 15) is 4.79 Å². The molecule has 1 aliphatic carbocycles. The Bertz CT molecular complexity index is 95.8. The molecule has 0 saturated heterocycles. The third-order valence-electron chi connectivity index (χ3n) is 1.12. The van der Waals surface area contributed by atoms with E-state index in [1.54, 1.807) is 0 Å². The first-order valence-electron chi connectivity index (χ1n) is 2.62. The van der Waals surface area contributed by atoms with Crippen molar-refractivity contribution in [1.29, 1.82) is 0 Å². The van der Waals surface area contributed by atoms with Gasteiger partial charge in [0.05, 0.1) is 5.92 Å². The zero-order valence-corrected chi connectivity index (χ0v) is 4.46. The fraction of sp³-hybridized carbons (Fsp3) is 0.800. The van der Waals surface area contributed by atoms with E-state index >= 15 is 0 Å². The molecule has 3 heteroatoms. The van der Waals surface area contributed by atoms with Gasteiger partial charge in [0.15, 0.2) is 6.79 Å². The molecular formula is C5H8O3. The highest BCUT2D eigenvalue weighted by molar-refractivity contribution is 5.74. The molecule has 1 N–H and O–H groups in total. The number of rotatable bonds is 2. The summed E-state index contributed by atoms with van der Waals surface area (Å²) in [6.45, 7) is -0.477. The molecule has 1 aliphatic rings. The number of esters is 1. The molecule has 0 bridgehead atoms. The minimum Gasteiger partial charge on any atom is -0.438 e. The van der Waals surface area contributed by atoms with E-state index in [-0.39, 0.29) is 11.9 Å². The van der Waals surface area contributed by atoms with Gasteiger partial charge in [-0.25, -0.2) is 0 Å². The number of ether oxygens (including phenoxy) is 1. The van der Waals surface area contributed by atoms with E-state index in [0.29, 0.717) is 0 Å². The lowest BCUT2D eigenvalue weighted by Gasteiger charge is -1.94. The molecule has 8 heavy (non-hydrogen) atoms. The highest BCUT2D eigenvalue weighted by atomic mass is 16.6. The molecule has 0 aromatic heterocycles. The van der Waals surface area contributed by atoms with E-state index in [0.717, 1.165) is 12.8 Å². The summed E-state index contributed by atoms with van der Waals surface area (Å²) in [5.41, 5.74) is 0. The smallest absolute Gasteiger partial charge is 0.311 e. The summed E-state index contributed by atoms with van der Waals surface area (Å²) in [6.07, 6.45) is 1.86. The van der Waals surface area contributed by atoms with E-state index in [1.807, 2.05) is 0 Å². The Kier molecular flexibility index (Phi) is 1.48. The predicted octanol–water partition coefficient (Wildman–Crippen LogP) is -0.111. The van der Waals surface area contributed by atoms with Crippen LogP contribution < -0.4 is 0 Å². The Morgan fingerprint density at radius 3 is 2.75 bits per heavy atom. The van der Waals surface area contributed by atoms with Crippen molar-refractivity contribution in [3.8, 4) is 0 Å². The fourth-order valence-corrected chi connectivity index (χ4v) is 0.501. The van der Waals surface area contributed by atoms with Crippen LogP contribution in [0.3, 0.4) is 0 Å². The van der Waals surface area contributed by atoms with Crippen molar-refractivity contribution < 1.29 is 14.6 Å². The lowest BCUT2D eigenvalue weighted by molar-refractivity contribution is -0.153. The Morgan fingerprint density at radius 1 is 1.75 bits per heavy atom. The fourth-order valence-electron chi connectivity index (χ4n) is 0.501. The number of carbonyl (C=O) groups is 1. The normalized spacial score (nSPS) is 18.1. The average Bonchev–Trinajstić information content (AvgIpc) is 2.45. The van der Waals surface area contributed by atoms with Gasteiger partial charge in [-0.1, -0.05) is 0 Å². The second-order valence-electron chi connectivity index (χ2n) is 1.87. The van der Waals surface area contributed by atoms with Gasteiger partial charge in [-0.05, 0) is 12.8 Å². The van der Waals surface area contributed by atoms with Gasteiger partial charge >= 0.3 is 5.97 Å². The van der Waals surface area contributed by atoms with E-state index in [2.05, 4.69) is 4.74 Å². The third-order valence-corrected chi connectivity index (χ3v) is 1.12. The third kappa shape index (κ3) is 1.20. The van der Waals surface area contributed by atoms with Crippen molar-refractivity contribution in [2.45, 2.75) is 12.8 Å². The van der Waals surface area contributed by atoms with Crippen molar-refractivity contribution in [1.82, 2.24) is 0 Å². The van der Waals surface area contributed by atoms with Gasteiger partial charge in [-0.2, -0.15) is 0 Å². The molecule has 0 aromatic rings. The number of carbonyl (C=O) groups excluding carboxylic acids is 1. The van der Waals surface area contributed by atoms with Gasteiger partial charge in [-0.3, -0.25) is 4.79 Å². The van der Waals surface area contributed by atoms with Crippen LogP contribution in [0, 0.1) is 5.92 Å². The van der Waals surface area contributed by atoms with Crippen molar-refractivity contribution in [2.24, 2.45) is 5.92 Å². The Morgan fingerprint density at radius 2 is 2.38 bits per heavy atom. The maximum Gasteiger partial charge on any atom is 0.311 e. The number of aliphatic hydroxyl groups is 1. The monoisotopic (exact) mass is 116 g/mol.